The van der Waals surface area contributed by atoms with Crippen LogP contribution in [-0.4, -0.2) is 6.29 Å². The number of aldehydes is 1. The van der Waals surface area contributed by atoms with Gasteiger partial charge >= 0.3 is 0 Å². The van der Waals surface area contributed by atoms with Crippen LogP contribution >= 0.6 is 27.3 Å². The van der Waals surface area contributed by atoms with Crippen molar-refractivity contribution >= 4 is 33.6 Å². The highest BCUT2D eigenvalue weighted by Gasteiger charge is 2.06. The van der Waals surface area contributed by atoms with Gasteiger partial charge in [-0.25, -0.2) is 0 Å². The highest BCUT2D eigenvalue weighted by Crippen LogP contribution is 2.25. The maximum absolute atomic E-state index is 10.5. The lowest BCUT2D eigenvalue weighted by atomic mass is 9.98. The maximum Gasteiger partial charge on any atom is 0.160 e. The van der Waals surface area contributed by atoms with Crippen molar-refractivity contribution in [3.8, 4) is 11.8 Å². The minimum Gasteiger partial charge on any atom is -0.297 e. The molecular weight excluding hydrogens is 260 g/mol. The highest BCUT2D eigenvalue weighted by molar-refractivity contribution is 9.10. The summed E-state index contributed by atoms with van der Waals surface area (Å²) in [5, 5.41) is 0. The fraction of sp³-hybridized carbons (Fsp3) is 0.364. The van der Waals surface area contributed by atoms with Crippen molar-refractivity contribution in [2.45, 2.75) is 20.8 Å². The Morgan fingerprint density at radius 1 is 1.50 bits per heavy atom. The number of rotatable bonds is 1. The number of halogens is 1. The SMILES string of the molecule is CC(C)(C)C#Cc1sc(C=O)cc1Br. The average Bonchev–Trinajstić information content (AvgIpc) is 2.42. The molecule has 74 valence electrons. The number of thiophene rings is 1. The lowest BCUT2D eigenvalue weighted by molar-refractivity contribution is 0.112. The first-order chi connectivity index (χ1) is 6.42. The van der Waals surface area contributed by atoms with E-state index in [9.17, 15) is 4.79 Å². The third-order valence-corrected chi connectivity index (χ3v) is 3.24. The van der Waals surface area contributed by atoms with Gasteiger partial charge in [0.25, 0.3) is 0 Å². The molecule has 0 saturated carbocycles. The summed E-state index contributed by atoms with van der Waals surface area (Å²) < 4.78 is 0.904. The molecule has 0 atom stereocenters. The van der Waals surface area contributed by atoms with Crippen molar-refractivity contribution in [3.05, 3.63) is 20.3 Å². The molecular formula is C11H11BrOS. The lowest BCUT2D eigenvalue weighted by Crippen LogP contribution is -1.99. The first-order valence-electron chi connectivity index (χ1n) is 4.20. The van der Waals surface area contributed by atoms with Crippen molar-refractivity contribution in [3.63, 3.8) is 0 Å². The molecule has 0 spiro atoms. The molecule has 0 amide bonds. The second-order valence-corrected chi connectivity index (χ2v) is 5.88. The van der Waals surface area contributed by atoms with Gasteiger partial charge in [-0.3, -0.25) is 4.79 Å². The van der Waals surface area contributed by atoms with Gasteiger partial charge in [-0.05, 0) is 42.8 Å². The third-order valence-electron chi connectivity index (χ3n) is 1.37. The van der Waals surface area contributed by atoms with E-state index in [-0.39, 0.29) is 5.41 Å². The minimum atomic E-state index is -0.00915. The Balaban J connectivity index is 3.01. The van der Waals surface area contributed by atoms with Crippen LogP contribution in [0.2, 0.25) is 0 Å². The molecule has 3 heteroatoms. The van der Waals surface area contributed by atoms with Crippen molar-refractivity contribution in [1.29, 1.82) is 0 Å². The largest absolute Gasteiger partial charge is 0.297 e. The normalized spacial score (nSPS) is 10.6. The first kappa shape index (κ1) is 11.5. The summed E-state index contributed by atoms with van der Waals surface area (Å²) in [5.41, 5.74) is -0.00915. The van der Waals surface area contributed by atoms with Crippen LogP contribution in [0, 0.1) is 17.3 Å². The minimum absolute atomic E-state index is 0.00915. The van der Waals surface area contributed by atoms with Crippen LogP contribution in [0.1, 0.15) is 35.3 Å². The second-order valence-electron chi connectivity index (χ2n) is 3.94. The van der Waals surface area contributed by atoms with E-state index in [4.69, 9.17) is 0 Å². The summed E-state index contributed by atoms with van der Waals surface area (Å²) in [6, 6.07) is 1.80. The Morgan fingerprint density at radius 3 is 2.57 bits per heavy atom. The molecule has 0 saturated heterocycles. The molecule has 1 rings (SSSR count). The smallest absolute Gasteiger partial charge is 0.160 e. The zero-order chi connectivity index (χ0) is 10.8. The zero-order valence-electron chi connectivity index (χ0n) is 8.35. The summed E-state index contributed by atoms with van der Waals surface area (Å²) in [6.45, 7) is 6.17. The quantitative estimate of drug-likeness (QED) is 0.562. The molecule has 0 aliphatic heterocycles. The van der Waals surface area contributed by atoms with Gasteiger partial charge in [0.1, 0.15) is 0 Å². The fourth-order valence-electron chi connectivity index (χ4n) is 0.774. The van der Waals surface area contributed by atoms with Crippen LogP contribution in [0.5, 0.6) is 0 Å². The summed E-state index contributed by atoms with van der Waals surface area (Å²) in [4.78, 5) is 12.1. The topological polar surface area (TPSA) is 17.1 Å². The molecule has 0 bridgehead atoms. The van der Waals surface area contributed by atoms with E-state index in [2.05, 4.69) is 48.5 Å². The molecule has 0 fully saturated rings. The molecule has 0 aromatic carbocycles. The summed E-state index contributed by atoms with van der Waals surface area (Å²) in [5.74, 6) is 6.20. The molecule has 1 aromatic heterocycles. The van der Waals surface area contributed by atoms with Gasteiger partial charge in [0.15, 0.2) is 6.29 Å². The Hall–Kier alpha value is -0.590. The van der Waals surface area contributed by atoms with Gasteiger partial charge in [-0.15, -0.1) is 11.3 Å². The van der Waals surface area contributed by atoms with Crippen molar-refractivity contribution in [1.82, 2.24) is 0 Å². The predicted octanol–water partition coefficient (Wildman–Crippen LogP) is 3.72. The number of carbonyl (C=O) groups excluding carboxylic acids is 1. The fourth-order valence-corrected chi connectivity index (χ4v) is 2.23. The summed E-state index contributed by atoms with van der Waals surface area (Å²) in [6.07, 6.45) is 0.845. The van der Waals surface area contributed by atoms with Crippen molar-refractivity contribution < 1.29 is 4.79 Å². The van der Waals surface area contributed by atoms with E-state index < -0.39 is 0 Å². The molecule has 0 aliphatic carbocycles. The van der Waals surface area contributed by atoms with Gasteiger partial charge in [-0.1, -0.05) is 11.8 Å². The van der Waals surface area contributed by atoms with Crippen LogP contribution in [-0.2, 0) is 0 Å². The second kappa shape index (κ2) is 4.29. The van der Waals surface area contributed by atoms with Gasteiger partial charge < -0.3 is 0 Å². The van der Waals surface area contributed by atoms with Crippen LogP contribution in [0.4, 0.5) is 0 Å². The molecule has 1 aromatic rings. The number of hydrogen-bond donors (Lipinski definition) is 0. The van der Waals surface area contributed by atoms with E-state index in [0.717, 1.165) is 15.6 Å². The van der Waals surface area contributed by atoms with E-state index in [1.165, 1.54) is 11.3 Å². The van der Waals surface area contributed by atoms with Crippen LogP contribution in [0.25, 0.3) is 0 Å². The van der Waals surface area contributed by atoms with Gasteiger partial charge in [0.05, 0.1) is 9.75 Å². The Morgan fingerprint density at radius 2 is 2.14 bits per heavy atom. The molecule has 0 radical (unpaired) electrons. The van der Waals surface area contributed by atoms with Crippen LogP contribution in [0.15, 0.2) is 10.5 Å². The standard InChI is InChI=1S/C11H11BrOS/c1-11(2,3)5-4-10-9(12)6-8(7-13)14-10/h6-7H,1-3H3. The van der Waals surface area contributed by atoms with E-state index in [1.54, 1.807) is 6.07 Å². The Bertz CT molecular complexity index is 401. The van der Waals surface area contributed by atoms with E-state index >= 15 is 0 Å². The molecule has 1 nitrogen and oxygen atoms in total. The lowest BCUT2D eigenvalue weighted by Gasteiger charge is -2.06. The highest BCUT2D eigenvalue weighted by atomic mass is 79.9. The molecule has 14 heavy (non-hydrogen) atoms. The number of hydrogen-bond acceptors (Lipinski definition) is 2. The van der Waals surface area contributed by atoms with Gasteiger partial charge in [0.2, 0.25) is 0 Å². The Labute approximate surface area is 96.7 Å². The van der Waals surface area contributed by atoms with Gasteiger partial charge in [0, 0.05) is 9.89 Å². The molecule has 0 unspecified atom stereocenters. The van der Waals surface area contributed by atoms with E-state index in [1.807, 2.05) is 0 Å². The van der Waals surface area contributed by atoms with Gasteiger partial charge in [-0.2, -0.15) is 0 Å². The summed E-state index contributed by atoms with van der Waals surface area (Å²) in [7, 11) is 0. The monoisotopic (exact) mass is 270 g/mol. The number of carbonyl (C=O) groups is 1. The third kappa shape index (κ3) is 3.28. The summed E-state index contributed by atoms with van der Waals surface area (Å²) >= 11 is 4.79. The van der Waals surface area contributed by atoms with E-state index in [0.29, 0.717) is 4.88 Å². The van der Waals surface area contributed by atoms with Crippen molar-refractivity contribution in [2.24, 2.45) is 5.41 Å². The van der Waals surface area contributed by atoms with Crippen LogP contribution < -0.4 is 0 Å². The molecule has 0 N–H and O–H groups in total. The van der Waals surface area contributed by atoms with Crippen LogP contribution in [0.3, 0.4) is 0 Å². The first-order valence-corrected chi connectivity index (χ1v) is 5.81. The van der Waals surface area contributed by atoms with Crippen molar-refractivity contribution in [2.75, 3.05) is 0 Å². The predicted molar refractivity (Wildman–Crippen MR) is 63.7 cm³/mol. The molecule has 1 heterocycles. The zero-order valence-corrected chi connectivity index (χ0v) is 10.8. The maximum atomic E-state index is 10.5. The average molecular weight is 271 g/mol. The Kier molecular flexibility index (Phi) is 3.52. The molecule has 0 aliphatic rings.